The zero-order valence-electron chi connectivity index (χ0n) is 10.3. The van der Waals surface area contributed by atoms with Crippen molar-refractivity contribution in [3.63, 3.8) is 0 Å². The van der Waals surface area contributed by atoms with Crippen molar-refractivity contribution in [3.05, 3.63) is 0 Å². The van der Waals surface area contributed by atoms with Gasteiger partial charge in [-0.3, -0.25) is 0 Å². The number of hydrogen-bond acceptors (Lipinski definition) is 6. The third kappa shape index (κ3) is 9.27. The Bertz CT molecular complexity index is 251. The summed E-state index contributed by atoms with van der Waals surface area (Å²) in [5, 5.41) is 0. The van der Waals surface area contributed by atoms with E-state index in [9.17, 15) is 0 Å². The van der Waals surface area contributed by atoms with Gasteiger partial charge in [0.2, 0.25) is 0 Å². The van der Waals surface area contributed by atoms with Crippen LogP contribution in [0.3, 0.4) is 0 Å². The summed E-state index contributed by atoms with van der Waals surface area (Å²) in [6.07, 6.45) is 0. The normalized spacial score (nSPS) is 18.7. The summed E-state index contributed by atoms with van der Waals surface area (Å²) in [5.41, 5.74) is 0. The first kappa shape index (κ1) is 20.6. The molecule has 0 unspecified atom stereocenters. The van der Waals surface area contributed by atoms with E-state index in [1.807, 2.05) is 23.5 Å². The first-order chi connectivity index (χ1) is 8.61. The van der Waals surface area contributed by atoms with Gasteiger partial charge in [-0.05, 0) is 0 Å². The van der Waals surface area contributed by atoms with Crippen LogP contribution in [0.4, 0.5) is 0 Å². The molecule has 0 aromatic heterocycles. The molecule has 0 aromatic carbocycles. The Balaban J connectivity index is 0.000000324. The first-order valence-electron chi connectivity index (χ1n) is 5.68. The van der Waals surface area contributed by atoms with E-state index in [2.05, 4.69) is 9.80 Å². The van der Waals surface area contributed by atoms with Gasteiger partial charge in [0, 0.05) is 49.2 Å². The summed E-state index contributed by atoms with van der Waals surface area (Å²) < 4.78 is 1.27. The zero-order valence-corrected chi connectivity index (χ0v) is 17.5. The minimum absolute atomic E-state index is 0. The molecular weight excluding hydrogens is 536 g/mol. The van der Waals surface area contributed by atoms with Gasteiger partial charge in [0.1, 0.15) is 0 Å². The fourth-order valence-electron chi connectivity index (χ4n) is 1.49. The average Bonchev–Trinajstić information content (AvgIpc) is 2.41. The molecule has 2 saturated heterocycles. The van der Waals surface area contributed by atoms with Gasteiger partial charge in [0.25, 0.3) is 0 Å². The number of thioether (sulfide) groups is 2. The molecule has 0 saturated carbocycles. The van der Waals surface area contributed by atoms with E-state index in [4.69, 9.17) is 49.7 Å². The molecule has 2 aliphatic rings. The van der Waals surface area contributed by atoms with E-state index in [1.54, 1.807) is 0 Å². The van der Waals surface area contributed by atoms with E-state index in [-0.39, 0.29) is 21.1 Å². The van der Waals surface area contributed by atoms with Crippen LogP contribution >= 0.6 is 48.0 Å². The summed E-state index contributed by atoms with van der Waals surface area (Å²) >= 11 is 23.3. The molecule has 0 aliphatic carbocycles. The molecule has 2 fully saturated rings. The van der Waals surface area contributed by atoms with E-state index >= 15 is 0 Å². The standard InChI is InChI=1S/2C5H9NS3.Pt/c2*7-5(8)6-1-3-9-4-2-6;/h2*1-4H2,(H,7,8);/q;;+2/p-2. The molecule has 0 atom stereocenters. The van der Waals surface area contributed by atoms with E-state index in [0.717, 1.165) is 26.2 Å². The van der Waals surface area contributed by atoms with Crippen LogP contribution in [-0.4, -0.2) is 67.6 Å². The molecule has 2 heterocycles. The molecule has 0 spiro atoms. The molecule has 2 nitrogen and oxygen atoms in total. The Labute approximate surface area is 160 Å². The first-order valence-corrected chi connectivity index (χ1v) is 9.63. The topological polar surface area (TPSA) is 6.48 Å². The Morgan fingerprint density at radius 2 is 1.00 bits per heavy atom. The summed E-state index contributed by atoms with van der Waals surface area (Å²) in [6, 6.07) is 0. The minimum atomic E-state index is 0. The summed E-state index contributed by atoms with van der Waals surface area (Å²) in [6.45, 7) is 4.19. The number of nitrogens with zero attached hydrogens (tertiary/aromatic N) is 2. The quantitative estimate of drug-likeness (QED) is 0.328. The maximum Gasteiger partial charge on any atom is 2.00 e. The summed E-state index contributed by atoms with van der Waals surface area (Å²) in [4.78, 5) is 4.17. The van der Waals surface area contributed by atoms with Crippen molar-refractivity contribution in [1.82, 2.24) is 9.80 Å². The molecular formula is C10H16N2PtS6. The Kier molecular flexibility index (Phi) is 13.2. The fourth-order valence-corrected chi connectivity index (χ4v) is 4.03. The van der Waals surface area contributed by atoms with Gasteiger partial charge in [-0.1, -0.05) is 8.64 Å². The van der Waals surface area contributed by atoms with Gasteiger partial charge < -0.3 is 59.5 Å². The van der Waals surface area contributed by atoms with E-state index < -0.39 is 0 Å². The molecule has 19 heavy (non-hydrogen) atoms. The molecule has 9 heteroatoms. The van der Waals surface area contributed by atoms with Gasteiger partial charge in [-0.25, -0.2) is 0 Å². The Morgan fingerprint density at radius 1 is 0.737 bits per heavy atom. The van der Waals surface area contributed by atoms with Gasteiger partial charge in [-0.2, -0.15) is 23.5 Å². The molecule has 0 aromatic rings. The smallest absolute Gasteiger partial charge is 0.411 e. The van der Waals surface area contributed by atoms with Crippen molar-refractivity contribution in [2.24, 2.45) is 0 Å². The predicted octanol–water partition coefficient (Wildman–Crippen LogP) is 1.73. The molecule has 112 valence electrons. The molecule has 0 N–H and O–H groups in total. The largest absolute Gasteiger partial charge is 2.00 e. The molecule has 2 aliphatic heterocycles. The van der Waals surface area contributed by atoms with Crippen LogP contribution < -0.4 is 0 Å². The monoisotopic (exact) mass is 551 g/mol. The zero-order chi connectivity index (χ0) is 13.4. The summed E-state index contributed by atoms with van der Waals surface area (Å²) in [5.74, 6) is 4.71. The van der Waals surface area contributed by atoms with Crippen molar-refractivity contribution < 1.29 is 21.1 Å². The van der Waals surface area contributed by atoms with Crippen LogP contribution in [0.25, 0.3) is 0 Å². The number of rotatable bonds is 0. The minimum Gasteiger partial charge on any atom is -0.411 e. The van der Waals surface area contributed by atoms with Gasteiger partial charge in [0.05, 0.1) is 0 Å². The van der Waals surface area contributed by atoms with Gasteiger partial charge in [0.15, 0.2) is 0 Å². The predicted molar refractivity (Wildman–Crippen MR) is 97.7 cm³/mol. The average molecular weight is 552 g/mol. The van der Waals surface area contributed by atoms with E-state index in [0.29, 0.717) is 8.64 Å². The number of hydrogen-bond donors (Lipinski definition) is 0. The Hall–Kier alpha value is 1.61. The third-order valence-corrected chi connectivity index (χ3v) is 5.46. The van der Waals surface area contributed by atoms with Crippen molar-refractivity contribution in [3.8, 4) is 0 Å². The van der Waals surface area contributed by atoms with Gasteiger partial charge in [-0.15, -0.1) is 0 Å². The van der Waals surface area contributed by atoms with Crippen LogP contribution in [0.15, 0.2) is 0 Å². The maximum atomic E-state index is 4.85. The second-order valence-electron chi connectivity index (χ2n) is 3.73. The molecule has 0 radical (unpaired) electrons. The molecule has 0 amide bonds. The SMILES string of the molecule is S=C([S-])N1CCSCC1.S=C([S-])N1CCSCC1.[Pt+2]. The van der Waals surface area contributed by atoms with E-state index in [1.165, 1.54) is 23.0 Å². The third-order valence-electron chi connectivity index (χ3n) is 2.54. The summed E-state index contributed by atoms with van der Waals surface area (Å²) in [7, 11) is 0. The van der Waals surface area contributed by atoms with Crippen molar-refractivity contribution >= 4 is 81.9 Å². The molecule has 0 bridgehead atoms. The number of thiocarbonyl (C=S) groups is 2. The van der Waals surface area contributed by atoms with Crippen LogP contribution in [0.1, 0.15) is 0 Å². The second kappa shape index (κ2) is 12.2. The Morgan fingerprint density at radius 3 is 1.16 bits per heavy atom. The van der Waals surface area contributed by atoms with Crippen LogP contribution in [-0.2, 0) is 46.3 Å². The van der Waals surface area contributed by atoms with Crippen molar-refractivity contribution in [2.75, 3.05) is 49.2 Å². The fraction of sp³-hybridized carbons (Fsp3) is 0.800. The van der Waals surface area contributed by atoms with Crippen molar-refractivity contribution in [2.45, 2.75) is 0 Å². The maximum absolute atomic E-state index is 4.85. The van der Waals surface area contributed by atoms with Crippen LogP contribution in [0.2, 0.25) is 0 Å². The van der Waals surface area contributed by atoms with Crippen LogP contribution in [0, 0.1) is 0 Å². The second-order valence-corrected chi connectivity index (χ2v) is 8.24. The molecule has 2 rings (SSSR count). The van der Waals surface area contributed by atoms with Crippen LogP contribution in [0.5, 0.6) is 0 Å². The van der Waals surface area contributed by atoms with Gasteiger partial charge >= 0.3 is 21.1 Å². The van der Waals surface area contributed by atoms with Crippen molar-refractivity contribution in [1.29, 1.82) is 0 Å².